The van der Waals surface area contributed by atoms with Crippen molar-refractivity contribution < 1.29 is 9.63 Å². The maximum Gasteiger partial charge on any atom is 0.229 e. The van der Waals surface area contributed by atoms with Crippen LogP contribution in [0.4, 0.5) is 0 Å². The minimum atomic E-state index is -0.351. The molecule has 3 unspecified atom stereocenters. The van der Waals surface area contributed by atoms with Crippen LogP contribution in [0.15, 0.2) is 4.52 Å². The smallest absolute Gasteiger partial charge is 0.229 e. The second-order valence-electron chi connectivity index (χ2n) is 5.31. The molecular formula is C13H22N2O2. The highest BCUT2D eigenvalue weighted by Gasteiger charge is 2.27. The van der Waals surface area contributed by atoms with E-state index in [4.69, 9.17) is 4.52 Å². The number of aliphatic hydroxyl groups excluding tert-OH is 1. The summed E-state index contributed by atoms with van der Waals surface area (Å²) in [4.78, 5) is 4.41. The molecular weight excluding hydrogens is 216 g/mol. The van der Waals surface area contributed by atoms with Gasteiger partial charge >= 0.3 is 0 Å². The summed E-state index contributed by atoms with van der Waals surface area (Å²) in [5, 5.41) is 13.7. The lowest BCUT2D eigenvalue weighted by atomic mass is 10.1. The van der Waals surface area contributed by atoms with E-state index in [1.807, 2.05) is 0 Å². The number of aromatic nitrogens is 2. The van der Waals surface area contributed by atoms with E-state index in [0.717, 1.165) is 37.4 Å². The summed E-state index contributed by atoms with van der Waals surface area (Å²) in [6.07, 6.45) is 5.49. The Morgan fingerprint density at radius 2 is 2.29 bits per heavy atom. The topological polar surface area (TPSA) is 59.2 Å². The Bertz CT molecular complexity index is 351. The molecule has 1 aliphatic carbocycles. The van der Waals surface area contributed by atoms with E-state index in [1.54, 1.807) is 0 Å². The lowest BCUT2D eigenvalue weighted by molar-refractivity contribution is 0.151. The second-order valence-corrected chi connectivity index (χ2v) is 5.31. The van der Waals surface area contributed by atoms with E-state index in [9.17, 15) is 5.11 Å². The molecule has 1 saturated carbocycles. The van der Waals surface area contributed by atoms with Crippen molar-refractivity contribution in [2.24, 2.45) is 5.92 Å². The molecule has 0 radical (unpaired) electrons. The van der Waals surface area contributed by atoms with Crippen LogP contribution in [-0.4, -0.2) is 21.4 Å². The molecule has 4 nitrogen and oxygen atoms in total. The molecule has 0 spiro atoms. The van der Waals surface area contributed by atoms with Crippen LogP contribution in [0.1, 0.15) is 63.6 Å². The fraction of sp³-hybridized carbons (Fsp3) is 0.846. The maximum atomic E-state index is 9.69. The number of hydrogen-bond acceptors (Lipinski definition) is 4. The van der Waals surface area contributed by atoms with Crippen LogP contribution in [0.25, 0.3) is 0 Å². The predicted molar refractivity (Wildman–Crippen MR) is 64.7 cm³/mol. The van der Waals surface area contributed by atoms with E-state index in [0.29, 0.717) is 18.2 Å². The van der Waals surface area contributed by atoms with Gasteiger partial charge in [0.1, 0.15) is 0 Å². The van der Waals surface area contributed by atoms with Gasteiger partial charge in [0.05, 0.1) is 12.5 Å². The Balaban J connectivity index is 1.91. The highest BCUT2D eigenvalue weighted by Crippen LogP contribution is 2.36. The number of rotatable bonds is 5. The van der Waals surface area contributed by atoms with Gasteiger partial charge in [0.25, 0.3) is 0 Å². The van der Waals surface area contributed by atoms with E-state index in [1.165, 1.54) is 6.42 Å². The summed E-state index contributed by atoms with van der Waals surface area (Å²) in [5.41, 5.74) is 0. The zero-order chi connectivity index (χ0) is 12.3. The van der Waals surface area contributed by atoms with Gasteiger partial charge in [-0.15, -0.1) is 0 Å². The highest BCUT2D eigenvalue weighted by atomic mass is 16.5. The van der Waals surface area contributed by atoms with E-state index in [2.05, 4.69) is 24.0 Å². The summed E-state index contributed by atoms with van der Waals surface area (Å²) in [5.74, 6) is 2.66. The Morgan fingerprint density at radius 3 is 2.94 bits per heavy atom. The molecule has 1 aromatic rings. The normalized spacial score (nSPS) is 26.3. The van der Waals surface area contributed by atoms with Gasteiger partial charge in [-0.1, -0.05) is 25.4 Å². The molecule has 96 valence electrons. The average molecular weight is 238 g/mol. The summed E-state index contributed by atoms with van der Waals surface area (Å²) in [6.45, 7) is 4.33. The number of aliphatic hydroxyl groups is 1. The number of nitrogens with zero attached hydrogens (tertiary/aromatic N) is 2. The van der Waals surface area contributed by atoms with Gasteiger partial charge in [-0.3, -0.25) is 0 Å². The van der Waals surface area contributed by atoms with Crippen molar-refractivity contribution >= 4 is 0 Å². The molecule has 17 heavy (non-hydrogen) atoms. The summed E-state index contributed by atoms with van der Waals surface area (Å²) in [6, 6.07) is 0. The molecule has 1 fully saturated rings. The van der Waals surface area contributed by atoms with Gasteiger partial charge in [-0.05, 0) is 31.6 Å². The van der Waals surface area contributed by atoms with E-state index >= 15 is 0 Å². The molecule has 1 N–H and O–H groups in total. The van der Waals surface area contributed by atoms with Gasteiger partial charge in [0, 0.05) is 5.92 Å². The van der Waals surface area contributed by atoms with Crippen LogP contribution in [0, 0.1) is 5.92 Å². The van der Waals surface area contributed by atoms with Gasteiger partial charge in [-0.25, -0.2) is 0 Å². The molecule has 1 aliphatic rings. The molecule has 0 saturated heterocycles. The molecule has 4 heteroatoms. The lowest BCUT2D eigenvalue weighted by Crippen LogP contribution is -2.10. The average Bonchev–Trinajstić information content (AvgIpc) is 2.87. The number of hydrogen-bond donors (Lipinski definition) is 1. The first-order chi connectivity index (χ1) is 8.19. The van der Waals surface area contributed by atoms with Crippen LogP contribution < -0.4 is 0 Å². The fourth-order valence-corrected chi connectivity index (χ4v) is 2.60. The van der Waals surface area contributed by atoms with Crippen LogP contribution in [0.5, 0.6) is 0 Å². The van der Waals surface area contributed by atoms with Gasteiger partial charge in [0.15, 0.2) is 5.82 Å². The van der Waals surface area contributed by atoms with E-state index in [-0.39, 0.29) is 6.10 Å². The third kappa shape index (κ3) is 3.28. The third-order valence-corrected chi connectivity index (χ3v) is 3.58. The fourth-order valence-electron chi connectivity index (χ4n) is 2.60. The van der Waals surface area contributed by atoms with Crippen molar-refractivity contribution in [2.45, 2.75) is 64.4 Å². The van der Waals surface area contributed by atoms with Crippen LogP contribution in [0.3, 0.4) is 0 Å². The molecule has 0 amide bonds. The second kappa shape index (κ2) is 5.63. The van der Waals surface area contributed by atoms with Crippen molar-refractivity contribution in [1.29, 1.82) is 0 Å². The Hall–Kier alpha value is -0.900. The van der Waals surface area contributed by atoms with Crippen LogP contribution in [0.2, 0.25) is 0 Å². The zero-order valence-corrected chi connectivity index (χ0v) is 10.7. The lowest BCUT2D eigenvalue weighted by Gasteiger charge is -2.04. The van der Waals surface area contributed by atoms with Gasteiger partial charge in [-0.2, -0.15) is 4.98 Å². The molecule has 0 aliphatic heterocycles. The first-order valence-electron chi connectivity index (χ1n) is 6.69. The quantitative estimate of drug-likeness (QED) is 0.856. The van der Waals surface area contributed by atoms with Crippen molar-refractivity contribution in [3.63, 3.8) is 0 Å². The highest BCUT2D eigenvalue weighted by molar-refractivity contribution is 4.99. The largest absolute Gasteiger partial charge is 0.393 e. The molecule has 1 aromatic heterocycles. The zero-order valence-electron chi connectivity index (χ0n) is 10.7. The monoisotopic (exact) mass is 238 g/mol. The van der Waals surface area contributed by atoms with Crippen molar-refractivity contribution in [3.8, 4) is 0 Å². The Labute approximate surface area is 102 Å². The minimum absolute atomic E-state index is 0.351. The molecule has 0 aromatic carbocycles. The summed E-state index contributed by atoms with van der Waals surface area (Å²) >= 11 is 0. The summed E-state index contributed by atoms with van der Waals surface area (Å²) < 4.78 is 5.21. The van der Waals surface area contributed by atoms with E-state index < -0.39 is 0 Å². The van der Waals surface area contributed by atoms with Crippen molar-refractivity contribution in [3.05, 3.63) is 11.7 Å². The Morgan fingerprint density at radius 1 is 1.47 bits per heavy atom. The third-order valence-electron chi connectivity index (χ3n) is 3.58. The maximum absolute atomic E-state index is 9.69. The molecule has 3 atom stereocenters. The van der Waals surface area contributed by atoms with Crippen molar-refractivity contribution in [1.82, 2.24) is 10.1 Å². The van der Waals surface area contributed by atoms with Crippen LogP contribution in [-0.2, 0) is 6.42 Å². The Kier molecular flexibility index (Phi) is 4.15. The SMILES string of the molecule is CCCC(O)Cc1nc(C2CCC(C)C2)no1. The standard InChI is InChI=1S/C13H22N2O2/c1-3-4-11(16)8-12-14-13(15-17-12)10-6-5-9(2)7-10/h9-11,16H,3-8H2,1-2H3. The molecule has 1 heterocycles. The molecule has 0 bridgehead atoms. The minimum Gasteiger partial charge on any atom is -0.393 e. The van der Waals surface area contributed by atoms with Crippen LogP contribution >= 0.6 is 0 Å². The van der Waals surface area contributed by atoms with Gasteiger partial charge < -0.3 is 9.63 Å². The predicted octanol–water partition coefficient (Wildman–Crippen LogP) is 2.68. The first kappa shape index (κ1) is 12.6. The summed E-state index contributed by atoms with van der Waals surface area (Å²) in [7, 11) is 0. The van der Waals surface area contributed by atoms with Gasteiger partial charge in [0.2, 0.25) is 5.89 Å². The first-order valence-corrected chi connectivity index (χ1v) is 6.69. The molecule has 2 rings (SSSR count). The van der Waals surface area contributed by atoms with Crippen molar-refractivity contribution in [2.75, 3.05) is 0 Å².